The first-order valence-electron chi connectivity index (χ1n) is 9.10. The number of alkyl carbamates (subject to hydrolysis) is 1. The highest BCUT2D eigenvalue weighted by atomic mass is 16.6. The number of esters is 1. The number of benzene rings is 1. The van der Waals surface area contributed by atoms with E-state index in [-0.39, 0.29) is 5.92 Å². The molecule has 26 heavy (non-hydrogen) atoms. The molecule has 6 heteroatoms. The highest BCUT2D eigenvalue weighted by Crippen LogP contribution is 2.27. The van der Waals surface area contributed by atoms with Gasteiger partial charge in [0.1, 0.15) is 5.60 Å². The lowest BCUT2D eigenvalue weighted by Crippen LogP contribution is -2.34. The maximum atomic E-state index is 11.9. The fraction of sp³-hybridized carbons (Fsp3) is 0.600. The Bertz CT molecular complexity index is 594. The molecule has 0 saturated carbocycles. The Hall–Kier alpha value is -2.08. The molecule has 2 atom stereocenters. The maximum absolute atomic E-state index is 11.9. The number of carbonyl (C=O) groups is 2. The van der Waals surface area contributed by atoms with E-state index in [1.54, 1.807) is 31.2 Å². The number of ether oxygens (including phenoxy) is 2. The summed E-state index contributed by atoms with van der Waals surface area (Å²) in [6.07, 6.45) is 0.141. The van der Waals surface area contributed by atoms with Crippen LogP contribution in [0.3, 0.4) is 0 Å². The minimum Gasteiger partial charge on any atom is -0.462 e. The van der Waals surface area contributed by atoms with E-state index in [1.165, 1.54) is 0 Å². The van der Waals surface area contributed by atoms with Gasteiger partial charge >= 0.3 is 12.1 Å². The molecule has 0 aromatic heterocycles. The smallest absolute Gasteiger partial charge is 0.407 e. The van der Waals surface area contributed by atoms with Crippen molar-refractivity contribution in [3.63, 3.8) is 0 Å². The summed E-state index contributed by atoms with van der Waals surface area (Å²) in [5, 5.41) is 13.4. The molecule has 0 radical (unpaired) electrons. The Morgan fingerprint density at radius 1 is 1.23 bits per heavy atom. The molecule has 1 aromatic rings. The van der Waals surface area contributed by atoms with Crippen molar-refractivity contribution in [1.29, 1.82) is 0 Å². The molecule has 0 aliphatic heterocycles. The molecular formula is C20H31NO5. The third kappa shape index (κ3) is 7.44. The minimum absolute atomic E-state index is 0.0533. The van der Waals surface area contributed by atoms with Crippen LogP contribution >= 0.6 is 0 Å². The summed E-state index contributed by atoms with van der Waals surface area (Å²) in [5.41, 5.74) is 0.547. The molecule has 0 spiro atoms. The van der Waals surface area contributed by atoms with Crippen molar-refractivity contribution in [3.8, 4) is 0 Å². The molecule has 1 rings (SSSR count). The van der Waals surface area contributed by atoms with E-state index in [1.807, 2.05) is 27.7 Å². The normalized spacial score (nSPS) is 13.6. The van der Waals surface area contributed by atoms with Gasteiger partial charge in [-0.05, 0) is 57.7 Å². The molecule has 6 nitrogen and oxygen atoms in total. The standard InChI is InChI=1S/C20H31NO5/c1-6-14(11-12-21-19(24)26-20(3,4)5)17(22)15-9-8-10-16(13-15)18(23)25-7-2/h8-10,13-14,17,22H,6-7,11-12H2,1-5H3,(H,21,24). The monoisotopic (exact) mass is 365 g/mol. The van der Waals surface area contributed by atoms with Crippen molar-refractivity contribution in [2.24, 2.45) is 5.92 Å². The third-order valence-corrected chi connectivity index (χ3v) is 3.89. The second-order valence-corrected chi connectivity index (χ2v) is 7.18. The van der Waals surface area contributed by atoms with E-state index in [9.17, 15) is 14.7 Å². The van der Waals surface area contributed by atoms with Gasteiger partial charge in [-0.15, -0.1) is 0 Å². The third-order valence-electron chi connectivity index (χ3n) is 3.89. The zero-order valence-corrected chi connectivity index (χ0v) is 16.4. The van der Waals surface area contributed by atoms with Crippen molar-refractivity contribution in [1.82, 2.24) is 5.32 Å². The number of carbonyl (C=O) groups excluding carboxylic acids is 2. The van der Waals surface area contributed by atoms with Gasteiger partial charge in [0, 0.05) is 6.54 Å². The number of aliphatic hydroxyl groups excluding tert-OH is 1. The molecule has 0 aliphatic carbocycles. The Labute approximate surface area is 155 Å². The molecule has 0 aliphatic rings. The summed E-state index contributed by atoms with van der Waals surface area (Å²) in [6, 6.07) is 6.85. The van der Waals surface area contributed by atoms with Gasteiger partial charge in [-0.1, -0.05) is 25.5 Å². The van der Waals surface area contributed by atoms with Crippen LogP contribution in [0.4, 0.5) is 4.79 Å². The van der Waals surface area contributed by atoms with Crippen LogP contribution in [0.25, 0.3) is 0 Å². The van der Waals surface area contributed by atoms with E-state index in [4.69, 9.17) is 9.47 Å². The highest BCUT2D eigenvalue weighted by molar-refractivity contribution is 5.89. The van der Waals surface area contributed by atoms with Gasteiger partial charge in [-0.3, -0.25) is 0 Å². The van der Waals surface area contributed by atoms with Crippen LogP contribution in [0, 0.1) is 5.92 Å². The number of hydrogen-bond donors (Lipinski definition) is 2. The Morgan fingerprint density at radius 3 is 2.50 bits per heavy atom. The van der Waals surface area contributed by atoms with Gasteiger partial charge < -0.3 is 19.9 Å². The van der Waals surface area contributed by atoms with Crippen LogP contribution in [0.5, 0.6) is 0 Å². The molecule has 1 amide bonds. The largest absolute Gasteiger partial charge is 0.462 e. The van der Waals surface area contributed by atoms with Crippen LogP contribution in [-0.2, 0) is 9.47 Å². The molecule has 0 fully saturated rings. The Balaban J connectivity index is 2.65. The molecule has 0 saturated heterocycles. The number of hydrogen-bond acceptors (Lipinski definition) is 5. The predicted octanol–water partition coefficient (Wildman–Crippen LogP) is 3.84. The van der Waals surface area contributed by atoms with Crippen LogP contribution in [0.15, 0.2) is 24.3 Å². The number of aliphatic hydroxyl groups is 1. The van der Waals surface area contributed by atoms with Gasteiger partial charge in [-0.25, -0.2) is 9.59 Å². The SMILES string of the molecule is CCOC(=O)c1cccc(C(O)C(CC)CCNC(=O)OC(C)(C)C)c1. The molecule has 2 N–H and O–H groups in total. The van der Waals surface area contributed by atoms with Crippen molar-refractivity contribution in [2.75, 3.05) is 13.2 Å². The van der Waals surface area contributed by atoms with Crippen molar-refractivity contribution in [2.45, 2.75) is 59.2 Å². The van der Waals surface area contributed by atoms with Crippen LogP contribution < -0.4 is 5.32 Å². The van der Waals surface area contributed by atoms with E-state index >= 15 is 0 Å². The second-order valence-electron chi connectivity index (χ2n) is 7.18. The quantitative estimate of drug-likeness (QED) is 0.684. The molecular weight excluding hydrogens is 334 g/mol. The first-order valence-corrected chi connectivity index (χ1v) is 9.10. The summed E-state index contributed by atoms with van der Waals surface area (Å²) in [4.78, 5) is 23.6. The van der Waals surface area contributed by atoms with E-state index in [2.05, 4.69) is 5.32 Å². The van der Waals surface area contributed by atoms with E-state index < -0.39 is 23.8 Å². The van der Waals surface area contributed by atoms with Gasteiger partial charge in [0.05, 0.1) is 18.3 Å². The zero-order chi connectivity index (χ0) is 19.7. The molecule has 0 bridgehead atoms. The van der Waals surface area contributed by atoms with E-state index in [0.717, 1.165) is 6.42 Å². The fourth-order valence-electron chi connectivity index (χ4n) is 2.60. The van der Waals surface area contributed by atoms with Gasteiger partial charge in [0.15, 0.2) is 0 Å². The summed E-state index contributed by atoms with van der Waals surface area (Å²) >= 11 is 0. The number of amides is 1. The first-order chi connectivity index (χ1) is 12.2. The summed E-state index contributed by atoms with van der Waals surface area (Å²) in [5.74, 6) is -0.455. The minimum atomic E-state index is -0.727. The van der Waals surface area contributed by atoms with Crippen LogP contribution in [0.1, 0.15) is 69.5 Å². The lowest BCUT2D eigenvalue weighted by molar-refractivity contribution is 0.0502. The van der Waals surface area contributed by atoms with Gasteiger partial charge in [0.2, 0.25) is 0 Å². The Morgan fingerprint density at radius 2 is 1.92 bits per heavy atom. The van der Waals surface area contributed by atoms with Crippen molar-refractivity contribution >= 4 is 12.1 Å². The number of rotatable bonds is 8. The highest BCUT2D eigenvalue weighted by Gasteiger charge is 2.21. The lowest BCUT2D eigenvalue weighted by Gasteiger charge is -2.23. The fourth-order valence-corrected chi connectivity index (χ4v) is 2.60. The van der Waals surface area contributed by atoms with Crippen LogP contribution in [0.2, 0.25) is 0 Å². The van der Waals surface area contributed by atoms with Gasteiger partial charge in [0.25, 0.3) is 0 Å². The molecule has 146 valence electrons. The second kappa shape index (κ2) is 10.2. The number of nitrogens with one attached hydrogen (secondary N) is 1. The molecule has 0 heterocycles. The zero-order valence-electron chi connectivity index (χ0n) is 16.4. The lowest BCUT2D eigenvalue weighted by atomic mass is 9.90. The van der Waals surface area contributed by atoms with E-state index in [0.29, 0.717) is 30.7 Å². The van der Waals surface area contributed by atoms with Crippen LogP contribution in [-0.4, -0.2) is 35.9 Å². The summed E-state index contributed by atoms with van der Waals surface area (Å²) in [7, 11) is 0. The van der Waals surface area contributed by atoms with Crippen molar-refractivity contribution in [3.05, 3.63) is 35.4 Å². The maximum Gasteiger partial charge on any atom is 0.407 e. The average molecular weight is 365 g/mol. The molecule has 1 aromatic carbocycles. The topological polar surface area (TPSA) is 84.9 Å². The summed E-state index contributed by atoms with van der Waals surface area (Å²) < 4.78 is 10.2. The molecule has 2 unspecified atom stereocenters. The van der Waals surface area contributed by atoms with Gasteiger partial charge in [-0.2, -0.15) is 0 Å². The van der Waals surface area contributed by atoms with Crippen molar-refractivity contribution < 1.29 is 24.2 Å². The predicted molar refractivity (Wildman–Crippen MR) is 100.0 cm³/mol. The Kier molecular flexibility index (Phi) is 8.58. The first kappa shape index (κ1) is 22.0. The average Bonchev–Trinajstić information content (AvgIpc) is 2.57. The summed E-state index contributed by atoms with van der Waals surface area (Å²) in [6.45, 7) is 9.87.